The Kier molecular flexibility index (Phi) is 7.77. The van der Waals surface area contributed by atoms with Gasteiger partial charge in [0.15, 0.2) is 11.2 Å². The minimum Gasteiger partial charge on any atom is -0.395 e. The first-order valence-electron chi connectivity index (χ1n) is 7.63. The van der Waals surface area contributed by atoms with Gasteiger partial charge >= 0.3 is 5.69 Å². The Bertz CT molecular complexity index is 808. The predicted molar refractivity (Wildman–Crippen MR) is 94.1 cm³/mol. The first-order valence-corrected chi connectivity index (χ1v) is 7.63. The van der Waals surface area contributed by atoms with Gasteiger partial charge in [0.2, 0.25) is 0 Å². The molecule has 0 amide bonds. The molecule has 2 aromatic rings. The molecule has 1 atom stereocenters. The quantitative estimate of drug-likeness (QED) is 0.464. The van der Waals surface area contributed by atoms with Crippen LogP contribution < -0.4 is 11.2 Å². The maximum atomic E-state index is 12.3. The minimum atomic E-state index is -0.831. The van der Waals surface area contributed by atoms with E-state index >= 15 is 0 Å². The van der Waals surface area contributed by atoms with Crippen LogP contribution in [0, 0.1) is 0 Å². The number of aryl methyl sites for hydroxylation is 1. The molecule has 0 aliphatic rings. The lowest BCUT2D eigenvalue weighted by Crippen LogP contribution is -2.39. The van der Waals surface area contributed by atoms with Gasteiger partial charge < -0.3 is 19.9 Å². The number of aromatic nitrogens is 4. The molecule has 0 aliphatic carbocycles. The van der Waals surface area contributed by atoms with Crippen molar-refractivity contribution in [2.75, 3.05) is 32.8 Å². The Morgan fingerprint density at radius 3 is 2.32 bits per heavy atom. The van der Waals surface area contributed by atoms with Crippen molar-refractivity contribution in [3.05, 3.63) is 27.2 Å². The zero-order chi connectivity index (χ0) is 17.9. The molecule has 2 rings (SSSR count). The summed E-state index contributed by atoms with van der Waals surface area (Å²) in [6, 6.07) is 0. The summed E-state index contributed by atoms with van der Waals surface area (Å²) in [7, 11) is 2.92. The highest BCUT2D eigenvalue weighted by molar-refractivity contribution is 5.85. The fraction of sp³-hybridized carbons (Fsp3) is 0.643. The van der Waals surface area contributed by atoms with Crippen LogP contribution in [0.3, 0.4) is 0 Å². The maximum Gasteiger partial charge on any atom is 0.332 e. The molecule has 0 bridgehead atoms. The van der Waals surface area contributed by atoms with Gasteiger partial charge in [-0.05, 0) is 0 Å². The number of fused-ring (bicyclic) bond motifs is 1. The van der Waals surface area contributed by atoms with Crippen LogP contribution in [0.2, 0.25) is 0 Å². The molecule has 0 saturated carbocycles. The SMILES string of the molecule is Cl.Cn1c(=O)c2c(ncn2CC(O)CN(CCO)CCO)n(C)c1=O. The van der Waals surface area contributed by atoms with Crippen LogP contribution in [0.1, 0.15) is 0 Å². The monoisotopic (exact) mass is 377 g/mol. The van der Waals surface area contributed by atoms with E-state index in [0.717, 1.165) is 4.57 Å². The number of aliphatic hydroxyl groups excluding tert-OH is 3. The molecule has 25 heavy (non-hydrogen) atoms. The predicted octanol–water partition coefficient (Wildman–Crippen LogP) is -2.50. The summed E-state index contributed by atoms with van der Waals surface area (Å²) in [5, 5.41) is 28.3. The molecular weight excluding hydrogens is 354 g/mol. The number of hydrogen-bond donors (Lipinski definition) is 3. The van der Waals surface area contributed by atoms with E-state index in [2.05, 4.69) is 4.98 Å². The highest BCUT2D eigenvalue weighted by Gasteiger charge is 2.17. The third kappa shape index (κ3) is 4.47. The van der Waals surface area contributed by atoms with Gasteiger partial charge in [-0.25, -0.2) is 9.78 Å². The molecule has 10 nitrogen and oxygen atoms in total. The molecule has 2 aromatic heterocycles. The molecule has 0 aliphatic heterocycles. The van der Waals surface area contributed by atoms with Crippen molar-refractivity contribution in [2.45, 2.75) is 12.6 Å². The van der Waals surface area contributed by atoms with Gasteiger partial charge in [-0.15, -0.1) is 12.4 Å². The van der Waals surface area contributed by atoms with Crippen LogP contribution >= 0.6 is 12.4 Å². The molecule has 142 valence electrons. The summed E-state index contributed by atoms with van der Waals surface area (Å²) in [5.74, 6) is 0. The average Bonchev–Trinajstić information content (AvgIpc) is 2.95. The van der Waals surface area contributed by atoms with Gasteiger partial charge in [-0.2, -0.15) is 0 Å². The van der Waals surface area contributed by atoms with E-state index in [1.54, 1.807) is 4.90 Å². The highest BCUT2D eigenvalue weighted by Crippen LogP contribution is 2.07. The van der Waals surface area contributed by atoms with Crippen molar-refractivity contribution in [1.82, 2.24) is 23.6 Å². The van der Waals surface area contributed by atoms with Gasteiger partial charge in [0.05, 0.1) is 32.2 Å². The second-order valence-electron chi connectivity index (χ2n) is 5.68. The summed E-state index contributed by atoms with van der Waals surface area (Å²) >= 11 is 0. The van der Waals surface area contributed by atoms with Crippen molar-refractivity contribution >= 4 is 23.6 Å². The number of rotatable bonds is 8. The van der Waals surface area contributed by atoms with Crippen LogP contribution in [0.5, 0.6) is 0 Å². The van der Waals surface area contributed by atoms with E-state index < -0.39 is 17.4 Å². The summed E-state index contributed by atoms with van der Waals surface area (Å²) in [6.07, 6.45) is 0.583. The maximum absolute atomic E-state index is 12.3. The zero-order valence-electron chi connectivity index (χ0n) is 14.2. The van der Waals surface area contributed by atoms with E-state index in [1.165, 1.54) is 29.6 Å². The molecule has 3 N–H and O–H groups in total. The largest absolute Gasteiger partial charge is 0.395 e. The van der Waals surface area contributed by atoms with Gasteiger partial charge in [0, 0.05) is 33.7 Å². The van der Waals surface area contributed by atoms with Crippen LogP contribution in [0.4, 0.5) is 0 Å². The topological polar surface area (TPSA) is 126 Å². The van der Waals surface area contributed by atoms with Crippen molar-refractivity contribution < 1.29 is 15.3 Å². The van der Waals surface area contributed by atoms with Gasteiger partial charge in [-0.1, -0.05) is 0 Å². The van der Waals surface area contributed by atoms with Crippen LogP contribution in [0.25, 0.3) is 11.2 Å². The first kappa shape index (κ1) is 21.3. The Morgan fingerprint density at radius 2 is 1.76 bits per heavy atom. The van der Waals surface area contributed by atoms with Crippen LogP contribution in [-0.2, 0) is 20.6 Å². The third-order valence-electron chi connectivity index (χ3n) is 3.93. The van der Waals surface area contributed by atoms with Gasteiger partial charge in [0.25, 0.3) is 5.56 Å². The second kappa shape index (κ2) is 9.11. The zero-order valence-corrected chi connectivity index (χ0v) is 15.0. The average molecular weight is 378 g/mol. The van der Waals surface area contributed by atoms with Crippen molar-refractivity contribution in [1.29, 1.82) is 0 Å². The molecule has 1 unspecified atom stereocenters. The molecule has 0 radical (unpaired) electrons. The Hall–Kier alpha value is -1.72. The first-order chi connectivity index (χ1) is 11.4. The molecule has 2 heterocycles. The summed E-state index contributed by atoms with van der Waals surface area (Å²) in [5.41, 5.74) is -0.428. The Morgan fingerprint density at radius 1 is 1.16 bits per heavy atom. The summed E-state index contributed by atoms with van der Waals surface area (Å²) in [6.45, 7) is 0.841. The van der Waals surface area contributed by atoms with Gasteiger partial charge in [0.1, 0.15) is 0 Å². The standard InChI is InChI=1S/C14H23N5O5.ClH/c1-16-12-11(13(23)17(2)14(16)24)19(9-15-12)8-10(22)7-18(3-5-20)4-6-21;/h9-10,20-22H,3-8H2,1-2H3;1H. The molecular formula is C14H24ClN5O5. The van der Waals surface area contributed by atoms with Crippen molar-refractivity contribution in [3.63, 3.8) is 0 Å². The lowest BCUT2D eigenvalue weighted by atomic mass is 10.3. The fourth-order valence-electron chi connectivity index (χ4n) is 2.70. The summed E-state index contributed by atoms with van der Waals surface area (Å²) in [4.78, 5) is 30.0. The molecule has 0 saturated heterocycles. The van der Waals surface area contributed by atoms with Crippen LogP contribution in [-0.4, -0.2) is 77.9 Å². The van der Waals surface area contributed by atoms with E-state index in [9.17, 15) is 14.7 Å². The van der Waals surface area contributed by atoms with E-state index in [4.69, 9.17) is 10.2 Å². The molecule has 0 aromatic carbocycles. The van der Waals surface area contributed by atoms with Gasteiger partial charge in [-0.3, -0.25) is 18.8 Å². The number of aliphatic hydroxyl groups is 3. The molecule has 11 heteroatoms. The Labute approximate surface area is 150 Å². The van der Waals surface area contributed by atoms with E-state index in [1.807, 2.05) is 0 Å². The number of hydrogen-bond acceptors (Lipinski definition) is 7. The smallest absolute Gasteiger partial charge is 0.332 e. The third-order valence-corrected chi connectivity index (χ3v) is 3.93. The lowest BCUT2D eigenvalue weighted by Gasteiger charge is -2.23. The fourth-order valence-corrected chi connectivity index (χ4v) is 2.70. The number of nitrogens with zero attached hydrogens (tertiary/aromatic N) is 5. The summed E-state index contributed by atoms with van der Waals surface area (Å²) < 4.78 is 3.79. The van der Waals surface area contributed by atoms with Crippen molar-refractivity contribution in [2.24, 2.45) is 14.1 Å². The normalized spacial score (nSPS) is 12.6. The lowest BCUT2D eigenvalue weighted by molar-refractivity contribution is 0.0779. The highest BCUT2D eigenvalue weighted by atomic mass is 35.5. The second-order valence-corrected chi connectivity index (χ2v) is 5.68. The van der Waals surface area contributed by atoms with Crippen molar-refractivity contribution in [3.8, 4) is 0 Å². The van der Waals surface area contributed by atoms with E-state index in [-0.39, 0.29) is 49.9 Å². The number of halogens is 1. The number of imidazole rings is 1. The van der Waals surface area contributed by atoms with E-state index in [0.29, 0.717) is 13.1 Å². The molecule has 0 fully saturated rings. The molecule has 0 spiro atoms. The van der Waals surface area contributed by atoms with Crippen LogP contribution in [0.15, 0.2) is 15.9 Å². The Balaban J connectivity index is 0.00000312. The minimum absolute atomic E-state index is 0.